The van der Waals surface area contributed by atoms with E-state index in [0.29, 0.717) is 31.1 Å². The molecule has 0 spiro atoms. The lowest BCUT2D eigenvalue weighted by molar-refractivity contribution is -0.552. The number of carbonyl (C=O) groups excluding carboxylic acids is 1. The van der Waals surface area contributed by atoms with Crippen molar-refractivity contribution < 1.29 is 35.0 Å². The van der Waals surface area contributed by atoms with Crippen LogP contribution in [-0.4, -0.2) is 45.6 Å². The van der Waals surface area contributed by atoms with Crippen LogP contribution in [0.25, 0.3) is 0 Å². The summed E-state index contributed by atoms with van der Waals surface area (Å²) in [6.07, 6.45) is 8.55. The fourth-order valence-corrected chi connectivity index (χ4v) is 6.08. The maximum Gasteiger partial charge on any atom is 0.308 e. The third-order valence-electron chi connectivity index (χ3n) is 7.94. The first kappa shape index (κ1) is 29.5. The number of carboxylic acids is 1. The van der Waals surface area contributed by atoms with Gasteiger partial charge in [-0.1, -0.05) is 46.3 Å². The second-order valence-electron chi connectivity index (χ2n) is 11.2. The second-order valence-corrected chi connectivity index (χ2v) is 11.2. The number of hydrogen-bond acceptors (Lipinski definition) is 5. The van der Waals surface area contributed by atoms with E-state index in [1.807, 2.05) is 25.2 Å². The minimum absolute atomic E-state index is 0.0569. The van der Waals surface area contributed by atoms with Gasteiger partial charge in [0.15, 0.2) is 0 Å². The number of nitrogens with two attached hydrogens (primary N) is 1. The number of cyclic esters (lactones) is 1. The molecular weight excluding hydrogens is 446 g/mol. The van der Waals surface area contributed by atoms with Crippen molar-refractivity contribution in [2.24, 2.45) is 35.5 Å². The molecule has 1 aliphatic carbocycles. The molecule has 2 aliphatic rings. The van der Waals surface area contributed by atoms with E-state index in [-0.39, 0.29) is 24.2 Å². The van der Waals surface area contributed by atoms with Gasteiger partial charge in [0.05, 0.1) is 18.4 Å². The third kappa shape index (κ3) is 9.03. The number of allylic oxidation sites excluding steroid dienone is 2. The largest absolute Gasteiger partial charge is 0.481 e. The first-order valence-electron chi connectivity index (χ1n) is 13.3. The number of rotatable bonds is 3. The van der Waals surface area contributed by atoms with Crippen LogP contribution >= 0.6 is 0 Å². The summed E-state index contributed by atoms with van der Waals surface area (Å²) in [6, 6.07) is 0. The van der Waals surface area contributed by atoms with Crippen molar-refractivity contribution in [2.75, 3.05) is 0 Å². The maximum atomic E-state index is 12.8. The van der Waals surface area contributed by atoms with Crippen LogP contribution in [0.2, 0.25) is 0 Å². The number of ether oxygens (including phenoxy) is 1. The number of carbonyl (C=O) groups is 2. The van der Waals surface area contributed by atoms with Crippen molar-refractivity contribution in [1.29, 1.82) is 0 Å². The number of esters is 1. The fraction of sp³-hybridized carbons (Fsp3) is 0.750. The lowest BCUT2D eigenvalue weighted by Gasteiger charge is -2.28. The predicted octanol–water partition coefficient (Wildman–Crippen LogP) is 3.42. The van der Waals surface area contributed by atoms with E-state index in [0.717, 1.165) is 31.4 Å². The van der Waals surface area contributed by atoms with Gasteiger partial charge in [-0.3, -0.25) is 9.59 Å². The van der Waals surface area contributed by atoms with Gasteiger partial charge < -0.3 is 25.4 Å². The Bertz CT molecular complexity index is 750. The van der Waals surface area contributed by atoms with Crippen LogP contribution in [0.4, 0.5) is 0 Å². The fourth-order valence-electron chi connectivity index (χ4n) is 6.08. The van der Waals surface area contributed by atoms with Gasteiger partial charge in [-0.2, -0.15) is 0 Å². The molecule has 0 amide bonds. The highest BCUT2D eigenvalue weighted by molar-refractivity contribution is 5.72. The van der Waals surface area contributed by atoms with Gasteiger partial charge in [0.25, 0.3) is 0 Å². The molecule has 1 fully saturated rings. The van der Waals surface area contributed by atoms with Crippen LogP contribution in [0.3, 0.4) is 0 Å². The van der Waals surface area contributed by atoms with Gasteiger partial charge in [-0.05, 0) is 61.9 Å². The molecule has 7 heteroatoms. The smallest absolute Gasteiger partial charge is 0.308 e. The molecule has 2 rings (SSSR count). The Morgan fingerprint density at radius 2 is 1.71 bits per heavy atom. The molecule has 9 atom stereocenters. The monoisotopic (exact) mass is 493 g/mol. The van der Waals surface area contributed by atoms with E-state index in [2.05, 4.69) is 27.8 Å². The van der Waals surface area contributed by atoms with Crippen LogP contribution < -0.4 is 5.32 Å². The van der Waals surface area contributed by atoms with Crippen molar-refractivity contribution in [3.63, 3.8) is 0 Å². The predicted molar refractivity (Wildman–Crippen MR) is 135 cm³/mol. The molecule has 0 saturated heterocycles. The molecule has 7 nitrogen and oxygen atoms in total. The number of carboxylic acid groups (broad SMARTS) is 1. The average molecular weight is 494 g/mol. The third-order valence-corrected chi connectivity index (χ3v) is 7.94. The summed E-state index contributed by atoms with van der Waals surface area (Å²) >= 11 is 0. The molecule has 0 aromatic heterocycles. The number of aliphatic hydroxyl groups is 2. The Morgan fingerprint density at radius 3 is 2.34 bits per heavy atom. The van der Waals surface area contributed by atoms with Gasteiger partial charge in [0.2, 0.25) is 0 Å². The minimum atomic E-state index is -0.852. The van der Waals surface area contributed by atoms with Gasteiger partial charge in [0.1, 0.15) is 17.9 Å². The molecule has 35 heavy (non-hydrogen) atoms. The van der Waals surface area contributed by atoms with Gasteiger partial charge in [-0.25, -0.2) is 0 Å². The zero-order chi connectivity index (χ0) is 26.1. The van der Waals surface area contributed by atoms with Crippen molar-refractivity contribution >= 4 is 11.9 Å². The maximum absolute atomic E-state index is 12.8. The van der Waals surface area contributed by atoms with Gasteiger partial charge in [0, 0.05) is 12.3 Å². The molecule has 200 valence electrons. The highest BCUT2D eigenvalue weighted by Crippen LogP contribution is 2.37. The Balaban J connectivity index is 2.29. The van der Waals surface area contributed by atoms with E-state index < -0.39 is 36.2 Å². The van der Waals surface area contributed by atoms with Crippen molar-refractivity contribution in [1.82, 2.24) is 0 Å². The van der Waals surface area contributed by atoms with Crippen molar-refractivity contribution in [3.8, 4) is 0 Å². The van der Waals surface area contributed by atoms with Crippen molar-refractivity contribution in [2.45, 2.75) is 97.4 Å². The lowest BCUT2D eigenvalue weighted by atomic mass is 9.82. The Kier molecular flexibility index (Phi) is 11.9. The molecule has 0 radical (unpaired) electrons. The van der Waals surface area contributed by atoms with Gasteiger partial charge >= 0.3 is 11.9 Å². The summed E-state index contributed by atoms with van der Waals surface area (Å²) in [5.74, 6) is -1.32. The summed E-state index contributed by atoms with van der Waals surface area (Å²) < 4.78 is 5.81. The molecule has 0 bridgehead atoms. The zero-order valence-corrected chi connectivity index (χ0v) is 21.9. The number of aliphatic carboxylic acids is 1. The normalized spacial score (nSPS) is 41.2. The number of aliphatic hydroxyl groups excluding tert-OH is 2. The quantitative estimate of drug-likeness (QED) is 0.353. The SMILES string of the molecule is [CH2-][NH2+]/C1=C/C=C/C[C@@H]([C@@H]2CCC[C@H]2C(=O)O)OC(=O)C[C@H](O)[C@@H](C)C[C@@H](C)C[C@@H](C)C[C@H](C)[C@@H]1O. The van der Waals surface area contributed by atoms with E-state index in [9.17, 15) is 24.9 Å². The molecule has 0 unspecified atom stereocenters. The first-order valence-corrected chi connectivity index (χ1v) is 13.3. The van der Waals surface area contributed by atoms with Crippen LogP contribution in [-0.2, 0) is 14.3 Å². The summed E-state index contributed by atoms with van der Waals surface area (Å²) in [4.78, 5) is 24.6. The van der Waals surface area contributed by atoms with E-state index >= 15 is 0 Å². The van der Waals surface area contributed by atoms with Crippen LogP contribution in [0.5, 0.6) is 0 Å². The Labute approximate surface area is 211 Å². The summed E-state index contributed by atoms with van der Waals surface area (Å²) in [5.41, 5.74) is 0.740. The van der Waals surface area contributed by atoms with E-state index in [1.54, 1.807) is 5.32 Å². The summed E-state index contributed by atoms with van der Waals surface area (Å²) in [6.45, 7) is 8.38. The molecule has 0 aromatic rings. The molecule has 1 aliphatic heterocycles. The number of quaternary nitrogens is 1. The van der Waals surface area contributed by atoms with Crippen molar-refractivity contribution in [3.05, 3.63) is 31.0 Å². The van der Waals surface area contributed by atoms with E-state index in [4.69, 9.17) is 4.74 Å². The standard InChI is InChI=1S/C28H47NO6/c1-17-13-18(2)15-20(4)27(32)23(29-5)11-6-7-12-25(21-9-8-10-22(21)28(33)34)35-26(31)16-24(30)19(3)14-17/h6-7,11,17-22,24-25,27,30,32H,5,8-10,12-16,29H2,1-4H3,(H,33,34)/b7-6+,23-11+/t17-,18+,19-,20-,21+,22+,24-,25-,27-/m0/s1. The molecule has 1 heterocycles. The topological polar surface area (TPSA) is 121 Å². The molecule has 1 saturated carbocycles. The average Bonchev–Trinajstić information content (AvgIpc) is 3.27. The molecule has 0 aromatic carbocycles. The number of hydrogen-bond donors (Lipinski definition) is 4. The van der Waals surface area contributed by atoms with Crippen LogP contribution in [0.1, 0.15) is 79.1 Å². The van der Waals surface area contributed by atoms with Gasteiger partial charge in [-0.15, -0.1) is 7.05 Å². The Morgan fingerprint density at radius 1 is 1.06 bits per heavy atom. The lowest BCUT2D eigenvalue weighted by Crippen LogP contribution is -2.77. The molecule has 5 N–H and O–H groups in total. The van der Waals surface area contributed by atoms with Crippen LogP contribution in [0, 0.1) is 42.6 Å². The summed E-state index contributed by atoms with van der Waals surface area (Å²) in [5, 5.41) is 32.9. The van der Waals surface area contributed by atoms with E-state index in [1.165, 1.54) is 0 Å². The Hall–Kier alpha value is -1.70. The first-order chi connectivity index (χ1) is 16.5. The highest BCUT2D eigenvalue weighted by atomic mass is 16.5. The molecular formula is C28H47NO6. The van der Waals surface area contributed by atoms with Crippen LogP contribution in [0.15, 0.2) is 23.9 Å². The zero-order valence-electron chi connectivity index (χ0n) is 21.9. The highest BCUT2D eigenvalue weighted by Gasteiger charge is 2.39. The second kappa shape index (κ2) is 14.1. The summed E-state index contributed by atoms with van der Waals surface area (Å²) in [7, 11) is 3.86. The minimum Gasteiger partial charge on any atom is -0.481 e.